The van der Waals surface area contributed by atoms with E-state index in [1.54, 1.807) is 0 Å². The Balaban J connectivity index is 2.79. The second kappa shape index (κ2) is 4.32. The first-order valence-electron chi connectivity index (χ1n) is 4.13. The van der Waals surface area contributed by atoms with E-state index in [1.165, 1.54) is 11.1 Å². The van der Waals surface area contributed by atoms with Crippen LogP contribution in [0.4, 0.5) is 0 Å². The van der Waals surface area contributed by atoms with Gasteiger partial charge in [-0.3, -0.25) is 0 Å². The molecular weight excluding hydrogens is 168 g/mol. The van der Waals surface area contributed by atoms with Crippen molar-refractivity contribution >= 4 is 11.6 Å². The summed E-state index contributed by atoms with van der Waals surface area (Å²) >= 11 is 5.71. The molecule has 0 amide bonds. The predicted molar refractivity (Wildman–Crippen MR) is 54.5 cm³/mol. The van der Waals surface area contributed by atoms with Crippen LogP contribution in [0.25, 0.3) is 0 Å². The topological polar surface area (TPSA) is 0 Å². The van der Waals surface area contributed by atoms with Crippen molar-refractivity contribution in [2.45, 2.75) is 19.8 Å². The van der Waals surface area contributed by atoms with Crippen LogP contribution in [0.15, 0.2) is 35.9 Å². The summed E-state index contributed by atoms with van der Waals surface area (Å²) in [6, 6.07) is 8.44. The standard InChI is InChI=1S/C11H13Cl/c1-3-10-5-4-6-11(8-10)7-9(2)12/h4-6,8H,2-3,7H2,1H3. The number of hydrogen-bond donors (Lipinski definition) is 0. The van der Waals surface area contributed by atoms with Crippen LogP contribution in [-0.2, 0) is 12.8 Å². The van der Waals surface area contributed by atoms with Gasteiger partial charge in [0.15, 0.2) is 0 Å². The Kier molecular flexibility index (Phi) is 3.36. The van der Waals surface area contributed by atoms with Gasteiger partial charge < -0.3 is 0 Å². The number of benzene rings is 1. The second-order valence-corrected chi connectivity index (χ2v) is 3.40. The summed E-state index contributed by atoms with van der Waals surface area (Å²) in [5, 5.41) is 0.697. The maximum absolute atomic E-state index is 5.71. The minimum absolute atomic E-state index is 0.697. The lowest BCUT2D eigenvalue weighted by atomic mass is 10.1. The minimum Gasteiger partial charge on any atom is -0.0894 e. The molecule has 0 heterocycles. The van der Waals surface area contributed by atoms with Gasteiger partial charge in [0, 0.05) is 11.5 Å². The Morgan fingerprint density at radius 1 is 1.42 bits per heavy atom. The number of halogens is 1. The van der Waals surface area contributed by atoms with Crippen LogP contribution in [0.3, 0.4) is 0 Å². The van der Waals surface area contributed by atoms with Gasteiger partial charge in [-0.25, -0.2) is 0 Å². The third-order valence-electron chi connectivity index (χ3n) is 1.80. The Hall–Kier alpha value is -0.750. The lowest BCUT2D eigenvalue weighted by Crippen LogP contribution is -1.86. The Morgan fingerprint density at radius 2 is 2.08 bits per heavy atom. The molecule has 0 unspecified atom stereocenters. The van der Waals surface area contributed by atoms with Crippen molar-refractivity contribution in [1.29, 1.82) is 0 Å². The van der Waals surface area contributed by atoms with Crippen LogP contribution in [0.5, 0.6) is 0 Å². The van der Waals surface area contributed by atoms with Gasteiger partial charge in [-0.05, 0) is 17.5 Å². The van der Waals surface area contributed by atoms with Crippen molar-refractivity contribution in [2.24, 2.45) is 0 Å². The van der Waals surface area contributed by atoms with Gasteiger partial charge in [0.2, 0.25) is 0 Å². The summed E-state index contributed by atoms with van der Waals surface area (Å²) in [4.78, 5) is 0. The van der Waals surface area contributed by atoms with Crippen LogP contribution in [0.1, 0.15) is 18.1 Å². The predicted octanol–water partition coefficient (Wildman–Crippen LogP) is 3.54. The first kappa shape index (κ1) is 9.34. The number of allylic oxidation sites excluding steroid dienone is 1. The number of hydrogen-bond acceptors (Lipinski definition) is 0. The maximum Gasteiger partial charge on any atom is 0.0153 e. The summed E-state index contributed by atoms with van der Waals surface area (Å²) in [6.07, 6.45) is 1.85. The molecule has 0 aromatic heterocycles. The van der Waals surface area contributed by atoms with Crippen LogP contribution in [0, 0.1) is 0 Å². The van der Waals surface area contributed by atoms with E-state index in [1.807, 2.05) is 0 Å². The van der Waals surface area contributed by atoms with Crippen LogP contribution in [-0.4, -0.2) is 0 Å². The lowest BCUT2D eigenvalue weighted by Gasteiger charge is -2.01. The van der Waals surface area contributed by atoms with Crippen LogP contribution in [0.2, 0.25) is 0 Å². The SMILES string of the molecule is C=C(Cl)Cc1cccc(CC)c1. The lowest BCUT2D eigenvalue weighted by molar-refractivity contribution is 1.12. The Morgan fingerprint density at radius 3 is 2.67 bits per heavy atom. The van der Waals surface area contributed by atoms with E-state index < -0.39 is 0 Å². The molecule has 0 fully saturated rings. The summed E-state index contributed by atoms with van der Waals surface area (Å²) < 4.78 is 0. The third kappa shape index (κ3) is 2.71. The van der Waals surface area contributed by atoms with E-state index in [-0.39, 0.29) is 0 Å². The van der Waals surface area contributed by atoms with Crippen molar-refractivity contribution in [3.8, 4) is 0 Å². The average Bonchev–Trinajstić information content (AvgIpc) is 2.03. The highest BCUT2D eigenvalue weighted by molar-refractivity contribution is 6.29. The molecule has 0 N–H and O–H groups in total. The van der Waals surface area contributed by atoms with E-state index in [4.69, 9.17) is 11.6 Å². The van der Waals surface area contributed by atoms with Crippen LogP contribution >= 0.6 is 11.6 Å². The zero-order chi connectivity index (χ0) is 8.97. The van der Waals surface area contributed by atoms with Gasteiger partial charge >= 0.3 is 0 Å². The highest BCUT2D eigenvalue weighted by Crippen LogP contribution is 2.11. The van der Waals surface area contributed by atoms with E-state index >= 15 is 0 Å². The van der Waals surface area contributed by atoms with E-state index in [9.17, 15) is 0 Å². The fourth-order valence-electron chi connectivity index (χ4n) is 1.18. The molecular formula is C11H13Cl. The molecule has 0 bridgehead atoms. The van der Waals surface area contributed by atoms with E-state index in [2.05, 4.69) is 37.8 Å². The largest absolute Gasteiger partial charge is 0.0894 e. The zero-order valence-corrected chi connectivity index (χ0v) is 8.06. The Labute approximate surface area is 78.9 Å². The molecule has 64 valence electrons. The van der Waals surface area contributed by atoms with Gasteiger partial charge in [-0.15, -0.1) is 0 Å². The van der Waals surface area contributed by atoms with Gasteiger partial charge in [-0.1, -0.05) is 49.4 Å². The minimum atomic E-state index is 0.697. The smallest absolute Gasteiger partial charge is 0.0153 e. The van der Waals surface area contributed by atoms with Crippen molar-refractivity contribution in [3.05, 3.63) is 47.0 Å². The Bertz CT molecular complexity index is 276. The molecule has 0 aliphatic rings. The number of rotatable bonds is 3. The molecule has 1 rings (SSSR count). The van der Waals surface area contributed by atoms with Gasteiger partial charge in [0.05, 0.1) is 0 Å². The summed E-state index contributed by atoms with van der Waals surface area (Å²) in [7, 11) is 0. The molecule has 1 aromatic rings. The highest BCUT2D eigenvalue weighted by Gasteiger charge is 1.95. The molecule has 0 saturated carbocycles. The molecule has 0 saturated heterocycles. The summed E-state index contributed by atoms with van der Waals surface area (Å²) in [5.74, 6) is 0. The van der Waals surface area contributed by atoms with Crippen molar-refractivity contribution in [3.63, 3.8) is 0 Å². The molecule has 12 heavy (non-hydrogen) atoms. The van der Waals surface area contributed by atoms with Gasteiger partial charge in [0.1, 0.15) is 0 Å². The molecule has 0 nitrogen and oxygen atoms in total. The fourth-order valence-corrected chi connectivity index (χ4v) is 1.34. The summed E-state index contributed by atoms with van der Waals surface area (Å²) in [6.45, 7) is 5.82. The molecule has 0 aliphatic heterocycles. The van der Waals surface area contributed by atoms with Gasteiger partial charge in [0.25, 0.3) is 0 Å². The van der Waals surface area contributed by atoms with E-state index in [0.717, 1.165) is 12.8 Å². The molecule has 0 spiro atoms. The zero-order valence-electron chi connectivity index (χ0n) is 7.31. The first-order chi connectivity index (χ1) is 5.72. The molecule has 1 heteroatoms. The second-order valence-electron chi connectivity index (χ2n) is 2.87. The van der Waals surface area contributed by atoms with E-state index in [0.29, 0.717) is 5.03 Å². The molecule has 0 aliphatic carbocycles. The maximum atomic E-state index is 5.71. The first-order valence-corrected chi connectivity index (χ1v) is 4.51. The normalized spacial score (nSPS) is 9.83. The van der Waals surface area contributed by atoms with Crippen LogP contribution < -0.4 is 0 Å². The summed E-state index contributed by atoms with van der Waals surface area (Å²) in [5.41, 5.74) is 2.60. The highest BCUT2D eigenvalue weighted by atomic mass is 35.5. The van der Waals surface area contributed by atoms with Gasteiger partial charge in [-0.2, -0.15) is 0 Å². The third-order valence-corrected chi connectivity index (χ3v) is 1.93. The molecule has 0 atom stereocenters. The number of aryl methyl sites for hydroxylation is 1. The molecule has 0 radical (unpaired) electrons. The quantitative estimate of drug-likeness (QED) is 0.668. The average molecular weight is 181 g/mol. The molecule has 1 aromatic carbocycles. The van der Waals surface area contributed by atoms with Crippen molar-refractivity contribution < 1.29 is 0 Å². The van der Waals surface area contributed by atoms with Crippen molar-refractivity contribution in [2.75, 3.05) is 0 Å². The fraction of sp³-hybridized carbons (Fsp3) is 0.273. The van der Waals surface area contributed by atoms with Crippen molar-refractivity contribution in [1.82, 2.24) is 0 Å². The monoisotopic (exact) mass is 180 g/mol.